The van der Waals surface area contributed by atoms with Gasteiger partial charge in [0.15, 0.2) is 0 Å². The van der Waals surface area contributed by atoms with E-state index in [1.165, 1.54) is 29.2 Å². The van der Waals surface area contributed by atoms with Crippen molar-refractivity contribution in [2.24, 2.45) is 0 Å². The normalized spacial score (nSPS) is 12.0. The van der Waals surface area contributed by atoms with E-state index < -0.39 is 34.3 Å². The number of hydrogen-bond acceptors (Lipinski definition) is 4. The van der Waals surface area contributed by atoms with Crippen LogP contribution in [0.15, 0.2) is 77.7 Å². The third-order valence-corrected chi connectivity index (χ3v) is 8.11. The van der Waals surface area contributed by atoms with Gasteiger partial charge >= 0.3 is 0 Å². The van der Waals surface area contributed by atoms with E-state index in [-0.39, 0.29) is 23.0 Å². The standard InChI is InChI=1S/C29H34FN3O4S/c1-5-18-31-29(35)23(4)32(19-24-9-7-6-8-22(24)3)28(34)20-33(26-14-12-25(30)13-15-26)38(36,37)27-16-10-21(2)11-17-27/h6-17,23H,5,18-20H2,1-4H3,(H,31,35)/t23-/m1/s1. The third kappa shape index (κ3) is 6.98. The topological polar surface area (TPSA) is 86.8 Å². The highest BCUT2D eigenvalue weighted by molar-refractivity contribution is 7.92. The largest absolute Gasteiger partial charge is 0.354 e. The molecule has 0 saturated carbocycles. The molecule has 38 heavy (non-hydrogen) atoms. The Morgan fingerprint density at radius 2 is 1.58 bits per heavy atom. The number of nitrogens with zero attached hydrogens (tertiary/aromatic N) is 2. The maximum absolute atomic E-state index is 13.8. The van der Waals surface area contributed by atoms with Crippen LogP contribution < -0.4 is 9.62 Å². The number of rotatable bonds is 11. The second kappa shape index (κ2) is 12.7. The highest BCUT2D eigenvalue weighted by Crippen LogP contribution is 2.25. The van der Waals surface area contributed by atoms with Crippen molar-refractivity contribution in [2.75, 3.05) is 17.4 Å². The molecule has 9 heteroatoms. The average molecular weight is 540 g/mol. The van der Waals surface area contributed by atoms with Crippen LogP contribution in [-0.4, -0.2) is 44.3 Å². The van der Waals surface area contributed by atoms with E-state index in [1.807, 2.05) is 45.0 Å². The number of aryl methyl sites for hydroxylation is 2. The second-order valence-electron chi connectivity index (χ2n) is 9.22. The summed E-state index contributed by atoms with van der Waals surface area (Å²) in [4.78, 5) is 28.1. The molecule has 0 aliphatic heterocycles. The van der Waals surface area contributed by atoms with E-state index in [9.17, 15) is 22.4 Å². The maximum atomic E-state index is 13.8. The summed E-state index contributed by atoms with van der Waals surface area (Å²) in [5.41, 5.74) is 2.80. The minimum Gasteiger partial charge on any atom is -0.354 e. The fraction of sp³-hybridized carbons (Fsp3) is 0.310. The van der Waals surface area contributed by atoms with Crippen molar-refractivity contribution in [3.8, 4) is 0 Å². The van der Waals surface area contributed by atoms with Gasteiger partial charge in [-0.15, -0.1) is 0 Å². The van der Waals surface area contributed by atoms with Crippen molar-refractivity contribution in [3.63, 3.8) is 0 Å². The Balaban J connectivity index is 2.02. The predicted molar refractivity (Wildman–Crippen MR) is 147 cm³/mol. The number of amides is 2. The molecule has 0 fully saturated rings. The van der Waals surface area contributed by atoms with Crippen LogP contribution in [0.5, 0.6) is 0 Å². The number of hydrogen-bond donors (Lipinski definition) is 1. The summed E-state index contributed by atoms with van der Waals surface area (Å²) in [7, 11) is -4.19. The molecule has 0 bridgehead atoms. The summed E-state index contributed by atoms with van der Waals surface area (Å²) < 4.78 is 42.1. The average Bonchev–Trinajstić information content (AvgIpc) is 2.90. The van der Waals surface area contributed by atoms with Gasteiger partial charge in [-0.1, -0.05) is 48.9 Å². The summed E-state index contributed by atoms with van der Waals surface area (Å²) >= 11 is 0. The molecule has 2 amide bonds. The molecule has 7 nitrogen and oxygen atoms in total. The number of carbonyl (C=O) groups excluding carboxylic acids is 2. The van der Waals surface area contributed by atoms with E-state index in [4.69, 9.17) is 0 Å². The second-order valence-corrected chi connectivity index (χ2v) is 11.1. The Morgan fingerprint density at radius 1 is 0.947 bits per heavy atom. The van der Waals surface area contributed by atoms with Crippen molar-refractivity contribution >= 4 is 27.5 Å². The van der Waals surface area contributed by atoms with E-state index in [1.54, 1.807) is 19.1 Å². The van der Waals surface area contributed by atoms with E-state index in [2.05, 4.69) is 5.32 Å². The fourth-order valence-electron chi connectivity index (χ4n) is 3.92. The zero-order chi connectivity index (χ0) is 27.9. The number of anilines is 1. The van der Waals surface area contributed by atoms with Crippen LogP contribution in [0.3, 0.4) is 0 Å². The number of nitrogens with one attached hydrogen (secondary N) is 1. The summed E-state index contributed by atoms with van der Waals surface area (Å²) in [6.45, 7) is 7.31. The molecular weight excluding hydrogens is 505 g/mol. The van der Waals surface area contributed by atoms with Crippen LogP contribution >= 0.6 is 0 Å². The first-order chi connectivity index (χ1) is 18.0. The molecule has 3 aromatic rings. The van der Waals surface area contributed by atoms with Gasteiger partial charge in [0.1, 0.15) is 18.4 Å². The lowest BCUT2D eigenvalue weighted by Crippen LogP contribution is -2.51. The van der Waals surface area contributed by atoms with Crippen LogP contribution in [0.2, 0.25) is 0 Å². The van der Waals surface area contributed by atoms with E-state index in [0.29, 0.717) is 6.54 Å². The highest BCUT2D eigenvalue weighted by Gasteiger charge is 2.32. The van der Waals surface area contributed by atoms with Crippen molar-refractivity contribution in [3.05, 3.63) is 95.3 Å². The molecule has 0 saturated heterocycles. The minimum atomic E-state index is -4.19. The molecule has 3 rings (SSSR count). The molecule has 0 unspecified atom stereocenters. The van der Waals surface area contributed by atoms with Crippen LogP contribution in [-0.2, 0) is 26.2 Å². The molecule has 3 aromatic carbocycles. The van der Waals surface area contributed by atoms with E-state index in [0.717, 1.165) is 39.5 Å². The van der Waals surface area contributed by atoms with Gasteiger partial charge < -0.3 is 10.2 Å². The molecule has 202 valence electrons. The zero-order valence-corrected chi connectivity index (χ0v) is 23.0. The third-order valence-electron chi connectivity index (χ3n) is 6.32. The van der Waals surface area contributed by atoms with Crippen molar-refractivity contribution < 1.29 is 22.4 Å². The quantitative estimate of drug-likeness (QED) is 0.387. The Bertz CT molecular complexity index is 1360. The SMILES string of the molecule is CCCNC(=O)[C@@H](C)N(Cc1ccccc1C)C(=O)CN(c1ccc(F)cc1)S(=O)(=O)c1ccc(C)cc1. The lowest BCUT2D eigenvalue weighted by molar-refractivity contribution is -0.139. The van der Waals surface area contributed by atoms with Crippen molar-refractivity contribution in [2.45, 2.75) is 51.6 Å². The van der Waals surface area contributed by atoms with Gasteiger partial charge in [0.05, 0.1) is 10.6 Å². The maximum Gasteiger partial charge on any atom is 0.264 e. The summed E-state index contributed by atoms with van der Waals surface area (Å²) in [6, 6.07) is 17.8. The fourth-order valence-corrected chi connectivity index (χ4v) is 5.34. The number of halogens is 1. The van der Waals surface area contributed by atoms with Gasteiger partial charge in [-0.2, -0.15) is 0 Å². The Labute approximate surface area is 224 Å². The first-order valence-corrected chi connectivity index (χ1v) is 13.9. The van der Waals surface area contributed by atoms with Gasteiger partial charge in [-0.3, -0.25) is 13.9 Å². The monoisotopic (exact) mass is 539 g/mol. The lowest BCUT2D eigenvalue weighted by Gasteiger charge is -2.32. The minimum absolute atomic E-state index is 0.000541. The lowest BCUT2D eigenvalue weighted by atomic mass is 10.1. The Hall–Kier alpha value is -3.72. The van der Waals surface area contributed by atoms with E-state index >= 15 is 0 Å². The first kappa shape index (κ1) is 28.8. The van der Waals surface area contributed by atoms with Gasteiger partial charge in [-0.25, -0.2) is 12.8 Å². The summed E-state index contributed by atoms with van der Waals surface area (Å²) in [5, 5.41) is 2.81. The van der Waals surface area contributed by atoms with Gasteiger partial charge in [0, 0.05) is 13.1 Å². The van der Waals surface area contributed by atoms with Crippen molar-refractivity contribution in [1.29, 1.82) is 0 Å². The summed E-state index contributed by atoms with van der Waals surface area (Å²) in [5.74, 6) is -1.42. The molecule has 0 aromatic heterocycles. The molecular formula is C29H34FN3O4S. The molecule has 0 radical (unpaired) electrons. The molecule has 0 aliphatic rings. The zero-order valence-electron chi connectivity index (χ0n) is 22.1. The number of benzene rings is 3. The smallest absolute Gasteiger partial charge is 0.264 e. The van der Waals surface area contributed by atoms with Crippen LogP contribution in [0.4, 0.5) is 10.1 Å². The highest BCUT2D eigenvalue weighted by atomic mass is 32.2. The Morgan fingerprint density at radius 3 is 2.18 bits per heavy atom. The molecule has 0 heterocycles. The van der Waals surface area contributed by atoms with Crippen molar-refractivity contribution in [1.82, 2.24) is 10.2 Å². The van der Waals surface area contributed by atoms with Gasteiger partial charge in [-0.05, 0) is 74.7 Å². The van der Waals surface area contributed by atoms with Crippen LogP contribution in [0.1, 0.15) is 37.0 Å². The van der Waals surface area contributed by atoms with Crippen LogP contribution in [0.25, 0.3) is 0 Å². The van der Waals surface area contributed by atoms with Crippen LogP contribution in [0, 0.1) is 19.7 Å². The molecule has 1 N–H and O–H groups in total. The first-order valence-electron chi connectivity index (χ1n) is 12.5. The van der Waals surface area contributed by atoms with Gasteiger partial charge in [0.25, 0.3) is 10.0 Å². The Kier molecular flexibility index (Phi) is 9.63. The predicted octanol–water partition coefficient (Wildman–Crippen LogP) is 4.58. The molecule has 0 aliphatic carbocycles. The molecule has 0 spiro atoms. The summed E-state index contributed by atoms with van der Waals surface area (Å²) in [6.07, 6.45) is 0.733. The van der Waals surface area contributed by atoms with Gasteiger partial charge in [0.2, 0.25) is 11.8 Å². The number of carbonyl (C=O) groups is 2. The molecule has 1 atom stereocenters. The number of sulfonamides is 1.